The van der Waals surface area contributed by atoms with Gasteiger partial charge in [-0.3, -0.25) is 4.79 Å². The van der Waals surface area contributed by atoms with Crippen molar-refractivity contribution in [1.82, 2.24) is 4.72 Å². The summed E-state index contributed by atoms with van der Waals surface area (Å²) in [5, 5.41) is 9.99. The van der Waals surface area contributed by atoms with Crippen molar-refractivity contribution in [2.45, 2.75) is 37.3 Å². The van der Waals surface area contributed by atoms with E-state index in [-0.39, 0.29) is 4.90 Å². The first-order valence-corrected chi connectivity index (χ1v) is 10.1. The topological polar surface area (TPSA) is 92.7 Å². The summed E-state index contributed by atoms with van der Waals surface area (Å²) in [4.78, 5) is 12.0. The molecule has 6 nitrogen and oxygen atoms in total. The zero-order valence-corrected chi connectivity index (χ0v) is 16.8. The Bertz CT molecular complexity index is 887. The average Bonchev–Trinajstić information content (AvgIpc) is 2.59. The van der Waals surface area contributed by atoms with E-state index in [9.17, 15) is 18.3 Å². The predicted octanol–water partition coefficient (Wildman–Crippen LogP) is 2.99. The first-order chi connectivity index (χ1) is 12.5. The number of hydrogen-bond donors (Lipinski definition) is 2. The van der Waals surface area contributed by atoms with E-state index in [1.165, 1.54) is 12.1 Å². The molecule has 0 aliphatic rings. The average molecular weight is 412 g/mol. The van der Waals surface area contributed by atoms with Gasteiger partial charge in [0, 0.05) is 5.02 Å². The monoisotopic (exact) mass is 411 g/mol. The zero-order valence-electron chi connectivity index (χ0n) is 15.3. The molecule has 0 radical (unpaired) electrons. The molecule has 0 bridgehead atoms. The fourth-order valence-corrected chi connectivity index (χ4v) is 3.56. The SMILES string of the molecule is CC(C)(C)OC(=O)C(CO)NS(=O)(=O)c1ccc(-c2ccc(Cl)cc2)cc1. The van der Waals surface area contributed by atoms with Crippen molar-refractivity contribution in [2.24, 2.45) is 0 Å². The summed E-state index contributed by atoms with van der Waals surface area (Å²) in [7, 11) is -4.01. The van der Waals surface area contributed by atoms with Crippen LogP contribution in [0.15, 0.2) is 53.4 Å². The molecule has 0 saturated heterocycles. The minimum absolute atomic E-state index is 0.0257. The van der Waals surface area contributed by atoms with Crippen LogP contribution >= 0.6 is 11.6 Å². The van der Waals surface area contributed by atoms with E-state index < -0.39 is 34.2 Å². The van der Waals surface area contributed by atoms with E-state index in [0.29, 0.717) is 5.02 Å². The number of carbonyl (C=O) groups is 1. The van der Waals surface area contributed by atoms with Gasteiger partial charge in [-0.25, -0.2) is 8.42 Å². The lowest BCUT2D eigenvalue weighted by Gasteiger charge is -2.23. The number of rotatable bonds is 6. The molecule has 146 valence electrons. The van der Waals surface area contributed by atoms with Gasteiger partial charge in [0.15, 0.2) is 0 Å². The van der Waals surface area contributed by atoms with Crippen LogP contribution in [0.4, 0.5) is 0 Å². The number of benzene rings is 2. The third-order valence-electron chi connectivity index (χ3n) is 3.51. The van der Waals surface area contributed by atoms with Gasteiger partial charge in [0.2, 0.25) is 10.0 Å². The van der Waals surface area contributed by atoms with Crippen molar-refractivity contribution in [3.05, 3.63) is 53.6 Å². The third-order valence-corrected chi connectivity index (χ3v) is 5.25. The van der Waals surface area contributed by atoms with Crippen molar-refractivity contribution in [3.63, 3.8) is 0 Å². The van der Waals surface area contributed by atoms with Gasteiger partial charge in [-0.05, 0) is 56.2 Å². The van der Waals surface area contributed by atoms with Crippen LogP contribution in [0.5, 0.6) is 0 Å². The number of halogens is 1. The van der Waals surface area contributed by atoms with Crippen LogP contribution in [0.2, 0.25) is 5.02 Å². The molecule has 2 rings (SSSR count). The van der Waals surface area contributed by atoms with E-state index in [1.807, 2.05) is 12.1 Å². The summed E-state index contributed by atoms with van der Waals surface area (Å²) >= 11 is 5.87. The van der Waals surface area contributed by atoms with E-state index >= 15 is 0 Å². The van der Waals surface area contributed by atoms with Crippen LogP contribution in [-0.4, -0.2) is 37.7 Å². The van der Waals surface area contributed by atoms with E-state index in [4.69, 9.17) is 16.3 Å². The summed E-state index contributed by atoms with van der Waals surface area (Å²) in [5.74, 6) is -0.841. The van der Waals surface area contributed by atoms with Crippen molar-refractivity contribution in [1.29, 1.82) is 0 Å². The Morgan fingerprint density at radius 3 is 2.00 bits per heavy atom. The number of aliphatic hydroxyl groups is 1. The summed E-state index contributed by atoms with van der Waals surface area (Å²) < 4.78 is 32.3. The second kappa shape index (κ2) is 8.39. The molecule has 2 N–H and O–H groups in total. The predicted molar refractivity (Wildman–Crippen MR) is 104 cm³/mol. The van der Waals surface area contributed by atoms with Crippen molar-refractivity contribution < 1.29 is 23.1 Å². The molecule has 0 saturated carbocycles. The van der Waals surface area contributed by atoms with Gasteiger partial charge >= 0.3 is 5.97 Å². The lowest BCUT2D eigenvalue weighted by atomic mass is 10.1. The summed E-state index contributed by atoms with van der Waals surface area (Å²) in [6, 6.07) is 11.9. The Labute approximate surface area is 164 Å². The van der Waals surface area contributed by atoms with Crippen LogP contribution in [0.3, 0.4) is 0 Å². The molecular weight excluding hydrogens is 390 g/mol. The third kappa shape index (κ3) is 6.04. The normalized spacial score (nSPS) is 13.2. The number of sulfonamides is 1. The molecule has 0 fully saturated rings. The minimum Gasteiger partial charge on any atom is -0.459 e. The van der Waals surface area contributed by atoms with Gasteiger partial charge < -0.3 is 9.84 Å². The summed E-state index contributed by atoms with van der Waals surface area (Å²) in [5.41, 5.74) is 0.908. The Kier molecular flexibility index (Phi) is 6.64. The Hall–Kier alpha value is -1.93. The molecule has 1 unspecified atom stereocenters. The fraction of sp³-hybridized carbons (Fsp3) is 0.316. The molecule has 0 aliphatic heterocycles. The molecule has 27 heavy (non-hydrogen) atoms. The highest BCUT2D eigenvalue weighted by Gasteiger charge is 2.29. The molecule has 0 spiro atoms. The zero-order chi connectivity index (χ0) is 20.2. The van der Waals surface area contributed by atoms with Crippen LogP contribution in [0.1, 0.15) is 20.8 Å². The molecule has 8 heteroatoms. The van der Waals surface area contributed by atoms with Gasteiger partial charge in [0.1, 0.15) is 11.6 Å². The van der Waals surface area contributed by atoms with Gasteiger partial charge in [-0.1, -0.05) is 35.9 Å². The maximum atomic E-state index is 12.5. The smallest absolute Gasteiger partial charge is 0.327 e. The Balaban J connectivity index is 2.18. The highest BCUT2D eigenvalue weighted by atomic mass is 35.5. The van der Waals surface area contributed by atoms with E-state index in [2.05, 4.69) is 4.72 Å². The maximum Gasteiger partial charge on any atom is 0.327 e. The van der Waals surface area contributed by atoms with Gasteiger partial charge in [0.25, 0.3) is 0 Å². The number of nitrogens with one attached hydrogen (secondary N) is 1. The standard InChI is InChI=1S/C19H22ClNO5S/c1-19(2,3)26-18(23)17(12-22)21-27(24,25)16-10-6-14(7-11-16)13-4-8-15(20)9-5-13/h4-11,17,21-22H,12H2,1-3H3. The molecule has 0 aliphatic carbocycles. The fourth-order valence-electron chi connectivity index (χ4n) is 2.26. The van der Waals surface area contributed by atoms with E-state index in [1.54, 1.807) is 45.0 Å². The number of hydrogen-bond acceptors (Lipinski definition) is 5. The number of esters is 1. The van der Waals surface area contributed by atoms with E-state index in [0.717, 1.165) is 11.1 Å². The van der Waals surface area contributed by atoms with Gasteiger partial charge in [0.05, 0.1) is 11.5 Å². The Morgan fingerprint density at radius 2 is 1.56 bits per heavy atom. The molecule has 2 aromatic rings. The van der Waals surface area contributed by atoms with Crippen LogP contribution in [0.25, 0.3) is 11.1 Å². The van der Waals surface area contributed by atoms with Gasteiger partial charge in [-0.2, -0.15) is 4.72 Å². The molecule has 0 heterocycles. The summed E-state index contributed by atoms with van der Waals surface area (Å²) in [6.45, 7) is 4.26. The Morgan fingerprint density at radius 1 is 1.07 bits per heavy atom. The van der Waals surface area contributed by atoms with Gasteiger partial charge in [-0.15, -0.1) is 0 Å². The highest BCUT2D eigenvalue weighted by molar-refractivity contribution is 7.89. The first kappa shape index (κ1) is 21.4. The molecule has 1 atom stereocenters. The second-order valence-electron chi connectivity index (χ2n) is 6.92. The molecule has 2 aromatic carbocycles. The first-order valence-electron chi connectivity index (χ1n) is 8.24. The minimum atomic E-state index is -4.01. The number of carbonyl (C=O) groups excluding carboxylic acids is 1. The van der Waals surface area contributed by atoms with Crippen molar-refractivity contribution in [3.8, 4) is 11.1 Å². The second-order valence-corrected chi connectivity index (χ2v) is 9.07. The quantitative estimate of drug-likeness (QED) is 0.713. The highest BCUT2D eigenvalue weighted by Crippen LogP contribution is 2.23. The van der Waals surface area contributed by atoms with Crippen molar-refractivity contribution >= 4 is 27.6 Å². The lowest BCUT2D eigenvalue weighted by Crippen LogP contribution is -2.46. The number of aliphatic hydroxyl groups excluding tert-OH is 1. The van der Waals surface area contributed by atoms with Crippen molar-refractivity contribution in [2.75, 3.05) is 6.61 Å². The molecular formula is C19H22ClNO5S. The lowest BCUT2D eigenvalue weighted by molar-refractivity contribution is -0.157. The largest absolute Gasteiger partial charge is 0.459 e. The van der Waals surface area contributed by atoms with Crippen LogP contribution in [-0.2, 0) is 19.6 Å². The number of ether oxygens (including phenoxy) is 1. The van der Waals surface area contributed by atoms with Crippen LogP contribution in [0, 0.1) is 0 Å². The summed E-state index contributed by atoms with van der Waals surface area (Å²) in [6.07, 6.45) is 0. The van der Waals surface area contributed by atoms with Crippen LogP contribution < -0.4 is 4.72 Å². The maximum absolute atomic E-state index is 12.5. The molecule has 0 amide bonds. The molecule has 0 aromatic heterocycles.